The predicted molar refractivity (Wildman–Crippen MR) is 89.1 cm³/mol. The zero-order valence-corrected chi connectivity index (χ0v) is 13.4. The van der Waals surface area contributed by atoms with Crippen LogP contribution in [0.2, 0.25) is 0 Å². The highest BCUT2D eigenvalue weighted by Gasteiger charge is 1.92. The molecule has 0 bridgehead atoms. The highest BCUT2D eigenvalue weighted by Crippen LogP contribution is 2.12. The fourth-order valence-electron chi connectivity index (χ4n) is 1.86. The van der Waals surface area contributed by atoms with Crippen molar-refractivity contribution >= 4 is 0 Å². The van der Waals surface area contributed by atoms with Crippen molar-refractivity contribution in [2.75, 3.05) is 0 Å². The molecule has 0 N–H and O–H groups in total. The van der Waals surface area contributed by atoms with Crippen molar-refractivity contribution in [1.29, 1.82) is 0 Å². The van der Waals surface area contributed by atoms with Crippen LogP contribution in [0.1, 0.15) is 66.2 Å². The normalized spacial score (nSPS) is 13.8. The molecule has 1 radical (unpaired) electrons. The van der Waals surface area contributed by atoms with Gasteiger partial charge in [0.25, 0.3) is 0 Å². The monoisotopic (exact) mass is 259 g/mol. The van der Waals surface area contributed by atoms with E-state index >= 15 is 0 Å². The Hall–Kier alpha value is -1.04. The summed E-state index contributed by atoms with van der Waals surface area (Å²) in [7, 11) is 0. The number of hydrogen-bond acceptors (Lipinski definition) is 0. The Morgan fingerprint density at radius 3 is 1.58 bits per heavy atom. The topological polar surface area (TPSA) is 0 Å². The lowest BCUT2D eigenvalue weighted by molar-refractivity contribution is 0.902. The van der Waals surface area contributed by atoms with Gasteiger partial charge >= 0.3 is 0 Å². The van der Waals surface area contributed by atoms with Gasteiger partial charge in [-0.3, -0.25) is 0 Å². The first-order valence-corrected chi connectivity index (χ1v) is 7.36. The van der Waals surface area contributed by atoms with E-state index in [0.717, 1.165) is 32.1 Å². The molecule has 0 fully saturated rings. The molecule has 0 aromatic rings. The predicted octanol–water partition coefficient (Wildman–Crippen LogP) is 6.58. The molecule has 0 spiro atoms. The van der Waals surface area contributed by atoms with Gasteiger partial charge in [0.2, 0.25) is 0 Å². The highest BCUT2D eigenvalue weighted by atomic mass is 14.0. The number of rotatable bonds is 9. The van der Waals surface area contributed by atoms with Crippen molar-refractivity contribution in [3.05, 3.63) is 54.0 Å². The largest absolute Gasteiger partial charge is 0.100 e. The summed E-state index contributed by atoms with van der Waals surface area (Å²) in [5.74, 6) is 0. The van der Waals surface area contributed by atoms with Crippen LogP contribution in [-0.2, 0) is 0 Å². The third kappa shape index (κ3) is 13.2. The average Bonchev–Trinajstić information content (AvgIpc) is 2.27. The van der Waals surface area contributed by atoms with Crippen molar-refractivity contribution in [1.82, 2.24) is 0 Å². The standard InChI is InChI=1S/C19H31/c1-16(2)10-7-12-18(5)14-9-15-19(6)13-8-11-17(3)4/h10,13-14H,1,3,7-9,11-12,15H2,2,4-6H3. The van der Waals surface area contributed by atoms with E-state index in [2.05, 4.69) is 59.4 Å². The van der Waals surface area contributed by atoms with Crippen molar-refractivity contribution in [2.45, 2.75) is 66.2 Å². The van der Waals surface area contributed by atoms with Crippen LogP contribution in [0.5, 0.6) is 0 Å². The summed E-state index contributed by atoms with van der Waals surface area (Å²) in [6.07, 6.45) is 13.8. The van der Waals surface area contributed by atoms with Gasteiger partial charge in [-0.25, -0.2) is 0 Å². The Bertz CT molecular complexity index is 346. The first-order valence-electron chi connectivity index (χ1n) is 7.36. The number of allylic oxidation sites excluding steroid dienone is 7. The van der Waals surface area contributed by atoms with Crippen LogP contribution in [0.3, 0.4) is 0 Å². The second-order valence-electron chi connectivity index (χ2n) is 5.72. The maximum atomic E-state index is 3.93. The van der Waals surface area contributed by atoms with Crippen LogP contribution in [0.15, 0.2) is 47.1 Å². The van der Waals surface area contributed by atoms with Crippen molar-refractivity contribution in [3.8, 4) is 0 Å². The lowest BCUT2D eigenvalue weighted by atomic mass is 10.0. The van der Waals surface area contributed by atoms with E-state index in [4.69, 9.17) is 0 Å². The molecule has 0 rings (SSSR count). The molecule has 0 nitrogen and oxygen atoms in total. The van der Waals surface area contributed by atoms with E-state index in [1.54, 1.807) is 0 Å². The van der Waals surface area contributed by atoms with Gasteiger partial charge < -0.3 is 0 Å². The first kappa shape index (κ1) is 18.0. The molecule has 0 aliphatic rings. The van der Waals surface area contributed by atoms with Gasteiger partial charge in [-0.2, -0.15) is 0 Å². The van der Waals surface area contributed by atoms with Crippen molar-refractivity contribution < 1.29 is 0 Å². The lowest BCUT2D eigenvalue weighted by Gasteiger charge is -2.02. The molecule has 0 aliphatic carbocycles. The van der Waals surface area contributed by atoms with E-state index in [-0.39, 0.29) is 0 Å². The fraction of sp³-hybridized carbons (Fsp3) is 0.526. The van der Waals surface area contributed by atoms with Gasteiger partial charge in [0.15, 0.2) is 0 Å². The second-order valence-corrected chi connectivity index (χ2v) is 5.72. The second kappa shape index (κ2) is 10.8. The Kier molecular flexibility index (Phi) is 10.2. The summed E-state index contributed by atoms with van der Waals surface area (Å²) in [5, 5.41) is 0. The summed E-state index contributed by atoms with van der Waals surface area (Å²) >= 11 is 0. The van der Waals surface area contributed by atoms with Crippen LogP contribution in [-0.4, -0.2) is 0 Å². The molecule has 19 heavy (non-hydrogen) atoms. The SMILES string of the molecule is [CH2]C(C)=CCCC(C)=CCCC(C)=CCCC(=C)C. The summed E-state index contributed by atoms with van der Waals surface area (Å²) in [4.78, 5) is 0. The molecule has 0 aromatic heterocycles. The number of hydrogen-bond donors (Lipinski definition) is 0. The van der Waals surface area contributed by atoms with E-state index < -0.39 is 0 Å². The fourth-order valence-corrected chi connectivity index (χ4v) is 1.86. The summed E-state index contributed by atoms with van der Waals surface area (Å²) in [6.45, 7) is 16.4. The van der Waals surface area contributed by atoms with Gasteiger partial charge in [0.1, 0.15) is 0 Å². The van der Waals surface area contributed by atoms with E-state index in [1.165, 1.54) is 28.7 Å². The minimum Gasteiger partial charge on any atom is -0.100 e. The Labute approximate surface area is 121 Å². The maximum absolute atomic E-state index is 3.93. The van der Waals surface area contributed by atoms with Crippen LogP contribution in [0.4, 0.5) is 0 Å². The molecule has 0 saturated heterocycles. The molecule has 0 aromatic carbocycles. The summed E-state index contributed by atoms with van der Waals surface area (Å²) in [5.41, 5.74) is 5.43. The molecular weight excluding hydrogens is 228 g/mol. The third-order valence-electron chi connectivity index (χ3n) is 3.13. The van der Waals surface area contributed by atoms with Gasteiger partial charge in [0.05, 0.1) is 0 Å². The smallest absolute Gasteiger partial charge is 0.0286 e. The molecule has 0 heteroatoms. The highest BCUT2D eigenvalue weighted by molar-refractivity contribution is 5.07. The van der Waals surface area contributed by atoms with Gasteiger partial charge in [-0.05, 0) is 73.1 Å². The quantitative estimate of drug-likeness (QED) is 0.410. The van der Waals surface area contributed by atoms with E-state index in [0.29, 0.717) is 0 Å². The minimum absolute atomic E-state index is 1.11. The first-order chi connectivity index (χ1) is 8.91. The van der Waals surface area contributed by atoms with Crippen molar-refractivity contribution in [2.24, 2.45) is 0 Å². The lowest BCUT2D eigenvalue weighted by Crippen LogP contribution is -1.81. The van der Waals surface area contributed by atoms with Crippen LogP contribution in [0, 0.1) is 6.92 Å². The molecule has 0 amide bonds. The maximum Gasteiger partial charge on any atom is -0.0286 e. The Morgan fingerprint density at radius 1 is 0.737 bits per heavy atom. The molecule has 0 atom stereocenters. The average molecular weight is 259 g/mol. The van der Waals surface area contributed by atoms with Crippen LogP contribution in [0.25, 0.3) is 0 Å². The molecular formula is C19H31. The Balaban J connectivity index is 3.86. The van der Waals surface area contributed by atoms with Crippen LogP contribution >= 0.6 is 0 Å². The molecule has 0 unspecified atom stereocenters. The summed E-state index contributed by atoms with van der Waals surface area (Å²) in [6, 6.07) is 0. The molecule has 0 heterocycles. The van der Waals surface area contributed by atoms with Crippen LogP contribution < -0.4 is 0 Å². The molecule has 0 saturated carbocycles. The zero-order chi connectivity index (χ0) is 14.7. The van der Waals surface area contributed by atoms with Gasteiger partial charge in [0, 0.05) is 0 Å². The minimum atomic E-state index is 1.11. The molecule has 0 aliphatic heterocycles. The van der Waals surface area contributed by atoms with Gasteiger partial charge in [-0.15, -0.1) is 6.58 Å². The van der Waals surface area contributed by atoms with E-state index in [9.17, 15) is 0 Å². The zero-order valence-electron chi connectivity index (χ0n) is 13.4. The van der Waals surface area contributed by atoms with E-state index in [1.807, 2.05) is 0 Å². The Morgan fingerprint density at radius 2 is 1.16 bits per heavy atom. The van der Waals surface area contributed by atoms with Crippen molar-refractivity contribution in [3.63, 3.8) is 0 Å². The summed E-state index contributed by atoms with van der Waals surface area (Å²) < 4.78 is 0. The third-order valence-corrected chi connectivity index (χ3v) is 3.13. The molecule has 107 valence electrons. The van der Waals surface area contributed by atoms with Gasteiger partial charge in [-0.1, -0.05) is 40.5 Å².